The number of carbonyl (C=O) groups excluding carboxylic acids is 1. The summed E-state index contributed by atoms with van der Waals surface area (Å²) in [5.41, 5.74) is 2.87. The topological polar surface area (TPSA) is 109 Å². The van der Waals surface area contributed by atoms with Gasteiger partial charge in [-0.05, 0) is 43.5 Å². The fourth-order valence-corrected chi connectivity index (χ4v) is 3.99. The third-order valence-corrected chi connectivity index (χ3v) is 5.54. The van der Waals surface area contributed by atoms with Crippen LogP contribution in [0.1, 0.15) is 35.0 Å². The van der Waals surface area contributed by atoms with Crippen molar-refractivity contribution in [3.8, 4) is 11.5 Å². The third kappa shape index (κ3) is 3.95. The lowest BCUT2D eigenvalue weighted by atomic mass is 9.90. The normalized spacial score (nSPS) is 16.1. The maximum Gasteiger partial charge on any atom is 0.312 e. The lowest BCUT2D eigenvalue weighted by molar-refractivity contribution is -0.386. The standard InChI is InChI=1S/C20H26N4O6/c1-12-20(24(26)27)13(2)23(21-12)11-22-7-6-14-8-17(28-3)18(29-4)9-15(14)16(22)10-19(25)30-5/h8-9,16H,6-7,10-11H2,1-5H3/t16-/m0/s1. The van der Waals surface area contributed by atoms with E-state index in [4.69, 9.17) is 14.2 Å². The quantitative estimate of drug-likeness (QED) is 0.383. The van der Waals surface area contributed by atoms with Crippen LogP contribution in [-0.2, 0) is 22.6 Å². The molecule has 10 heteroatoms. The molecule has 0 fully saturated rings. The third-order valence-electron chi connectivity index (χ3n) is 5.54. The van der Waals surface area contributed by atoms with Gasteiger partial charge in [-0.25, -0.2) is 4.68 Å². The van der Waals surface area contributed by atoms with Gasteiger partial charge in [-0.15, -0.1) is 0 Å². The zero-order valence-electron chi connectivity index (χ0n) is 17.8. The van der Waals surface area contributed by atoms with E-state index in [1.807, 2.05) is 12.1 Å². The average molecular weight is 418 g/mol. The van der Waals surface area contributed by atoms with Crippen LogP contribution in [0.25, 0.3) is 0 Å². The summed E-state index contributed by atoms with van der Waals surface area (Å²) in [4.78, 5) is 25.2. The van der Waals surface area contributed by atoms with Gasteiger partial charge < -0.3 is 14.2 Å². The van der Waals surface area contributed by atoms with E-state index in [-0.39, 0.29) is 24.1 Å². The summed E-state index contributed by atoms with van der Waals surface area (Å²) in [6.45, 7) is 4.27. The summed E-state index contributed by atoms with van der Waals surface area (Å²) in [6.07, 6.45) is 0.870. The summed E-state index contributed by atoms with van der Waals surface area (Å²) >= 11 is 0. The summed E-state index contributed by atoms with van der Waals surface area (Å²) in [5.74, 6) is 0.873. The smallest absolute Gasteiger partial charge is 0.312 e. The highest BCUT2D eigenvalue weighted by Gasteiger charge is 2.32. The molecular weight excluding hydrogens is 392 g/mol. The number of aromatic nitrogens is 2. The molecule has 0 aliphatic carbocycles. The average Bonchev–Trinajstić information content (AvgIpc) is 3.01. The maximum atomic E-state index is 12.2. The van der Waals surface area contributed by atoms with Crippen molar-refractivity contribution in [3.05, 3.63) is 44.8 Å². The van der Waals surface area contributed by atoms with E-state index in [9.17, 15) is 14.9 Å². The van der Waals surface area contributed by atoms with Gasteiger partial charge in [0.2, 0.25) is 0 Å². The Morgan fingerprint density at radius 1 is 1.23 bits per heavy atom. The van der Waals surface area contributed by atoms with Gasteiger partial charge >= 0.3 is 11.7 Å². The number of methoxy groups -OCH3 is 3. The molecule has 0 unspecified atom stereocenters. The van der Waals surface area contributed by atoms with Gasteiger partial charge in [-0.1, -0.05) is 0 Å². The van der Waals surface area contributed by atoms with Crippen LogP contribution in [0.4, 0.5) is 5.69 Å². The van der Waals surface area contributed by atoms with Crippen LogP contribution < -0.4 is 9.47 Å². The van der Waals surface area contributed by atoms with Crippen LogP contribution in [0.3, 0.4) is 0 Å². The van der Waals surface area contributed by atoms with Gasteiger partial charge in [0, 0.05) is 12.6 Å². The number of esters is 1. The van der Waals surface area contributed by atoms with Gasteiger partial charge in [0.15, 0.2) is 11.5 Å². The summed E-state index contributed by atoms with van der Waals surface area (Å²) < 4.78 is 17.4. The van der Waals surface area contributed by atoms with Crippen molar-refractivity contribution in [2.75, 3.05) is 27.9 Å². The summed E-state index contributed by atoms with van der Waals surface area (Å²) in [5, 5.41) is 15.7. The Balaban J connectivity index is 2.00. The molecule has 0 radical (unpaired) electrons. The second-order valence-corrected chi connectivity index (χ2v) is 7.18. The summed E-state index contributed by atoms with van der Waals surface area (Å²) in [6, 6.07) is 3.53. The first-order chi connectivity index (χ1) is 14.3. The Labute approximate surface area is 174 Å². The molecule has 162 valence electrons. The number of hydrogen-bond donors (Lipinski definition) is 0. The molecule has 0 bridgehead atoms. The molecule has 0 saturated carbocycles. The number of carbonyl (C=O) groups is 1. The Hall–Kier alpha value is -3.14. The molecular formula is C20H26N4O6. The van der Waals surface area contributed by atoms with Crippen LogP contribution >= 0.6 is 0 Å². The molecule has 0 saturated heterocycles. The molecule has 0 spiro atoms. The molecule has 10 nitrogen and oxygen atoms in total. The van der Waals surface area contributed by atoms with Gasteiger partial charge in [0.1, 0.15) is 11.4 Å². The minimum absolute atomic E-state index is 0.0170. The van der Waals surface area contributed by atoms with Crippen molar-refractivity contribution >= 4 is 11.7 Å². The van der Waals surface area contributed by atoms with Crippen LogP contribution in [0.15, 0.2) is 12.1 Å². The molecule has 1 atom stereocenters. The first-order valence-electron chi connectivity index (χ1n) is 9.54. The van der Waals surface area contributed by atoms with Crippen molar-refractivity contribution in [3.63, 3.8) is 0 Å². The van der Waals surface area contributed by atoms with Crippen molar-refractivity contribution in [2.45, 2.75) is 39.4 Å². The Bertz CT molecular complexity index is 971. The van der Waals surface area contributed by atoms with Crippen molar-refractivity contribution in [1.29, 1.82) is 0 Å². The molecule has 1 aromatic carbocycles. The van der Waals surface area contributed by atoms with E-state index < -0.39 is 4.92 Å². The second kappa shape index (κ2) is 8.70. The Kier molecular flexibility index (Phi) is 6.25. The van der Waals surface area contributed by atoms with Crippen molar-refractivity contribution in [2.24, 2.45) is 0 Å². The van der Waals surface area contributed by atoms with E-state index in [0.717, 1.165) is 17.5 Å². The largest absolute Gasteiger partial charge is 0.493 e. The van der Waals surface area contributed by atoms with E-state index in [1.54, 1.807) is 32.7 Å². The van der Waals surface area contributed by atoms with Crippen LogP contribution in [0.2, 0.25) is 0 Å². The molecule has 1 aliphatic heterocycles. The second-order valence-electron chi connectivity index (χ2n) is 7.18. The minimum atomic E-state index is -0.414. The van der Waals surface area contributed by atoms with Crippen LogP contribution in [-0.4, -0.2) is 53.4 Å². The van der Waals surface area contributed by atoms with Crippen LogP contribution in [0.5, 0.6) is 11.5 Å². The van der Waals surface area contributed by atoms with Crippen molar-refractivity contribution < 1.29 is 23.9 Å². The highest BCUT2D eigenvalue weighted by molar-refractivity contribution is 5.70. The number of fused-ring (bicyclic) bond motifs is 1. The Morgan fingerprint density at radius 3 is 2.47 bits per heavy atom. The molecule has 2 heterocycles. The fourth-order valence-electron chi connectivity index (χ4n) is 3.99. The predicted octanol–water partition coefficient (Wildman–Crippen LogP) is 2.55. The SMILES string of the molecule is COC(=O)C[C@H]1c2cc(OC)c(OC)cc2CCN1Cn1nc(C)c([N+](=O)[O-])c1C. The zero-order valence-corrected chi connectivity index (χ0v) is 17.8. The van der Waals surface area contributed by atoms with E-state index in [1.165, 1.54) is 7.11 Å². The molecule has 0 N–H and O–H groups in total. The highest BCUT2D eigenvalue weighted by atomic mass is 16.6. The Morgan fingerprint density at radius 2 is 1.90 bits per heavy atom. The lowest BCUT2D eigenvalue weighted by Crippen LogP contribution is -2.38. The van der Waals surface area contributed by atoms with Gasteiger partial charge in [-0.2, -0.15) is 5.10 Å². The first kappa shape index (κ1) is 21.6. The predicted molar refractivity (Wildman–Crippen MR) is 108 cm³/mol. The van der Waals surface area contributed by atoms with E-state index in [0.29, 0.717) is 36.1 Å². The van der Waals surface area contributed by atoms with Crippen molar-refractivity contribution in [1.82, 2.24) is 14.7 Å². The molecule has 1 aromatic heterocycles. The summed E-state index contributed by atoms with van der Waals surface area (Å²) in [7, 11) is 4.51. The monoisotopic (exact) mass is 418 g/mol. The molecule has 1 aliphatic rings. The number of rotatable bonds is 7. The number of aryl methyl sites for hydroxylation is 1. The van der Waals surface area contributed by atoms with Gasteiger partial charge in [-0.3, -0.25) is 19.8 Å². The molecule has 0 amide bonds. The van der Waals surface area contributed by atoms with Gasteiger partial charge in [0.25, 0.3) is 0 Å². The van der Waals surface area contributed by atoms with Gasteiger partial charge in [0.05, 0.1) is 39.3 Å². The lowest BCUT2D eigenvalue weighted by Gasteiger charge is -2.37. The highest BCUT2D eigenvalue weighted by Crippen LogP contribution is 2.40. The zero-order chi connectivity index (χ0) is 22.0. The molecule has 3 rings (SSSR count). The minimum Gasteiger partial charge on any atom is -0.493 e. The van der Waals surface area contributed by atoms with Crippen LogP contribution in [0, 0.1) is 24.0 Å². The van der Waals surface area contributed by atoms with E-state index in [2.05, 4.69) is 10.00 Å². The number of nitro groups is 1. The number of ether oxygens (including phenoxy) is 3. The molecule has 2 aromatic rings. The number of hydrogen-bond acceptors (Lipinski definition) is 8. The fraction of sp³-hybridized carbons (Fsp3) is 0.500. The number of nitrogens with zero attached hydrogens (tertiary/aromatic N) is 4. The maximum absolute atomic E-state index is 12.2. The molecule has 30 heavy (non-hydrogen) atoms. The number of benzene rings is 1. The van der Waals surface area contributed by atoms with E-state index >= 15 is 0 Å². The first-order valence-corrected chi connectivity index (χ1v) is 9.54.